The third-order valence-corrected chi connectivity index (χ3v) is 4.08. The Labute approximate surface area is 122 Å². The number of carbonyl (C=O) groups excluding carboxylic acids is 1. The molecule has 0 saturated heterocycles. The van der Waals surface area contributed by atoms with E-state index in [1.165, 1.54) is 11.1 Å². The summed E-state index contributed by atoms with van der Waals surface area (Å²) in [5, 5.41) is 3.99. The van der Waals surface area contributed by atoms with Crippen molar-refractivity contribution < 1.29 is 9.53 Å². The molecule has 2 nitrogen and oxygen atoms in total. The molecule has 0 aliphatic carbocycles. The van der Waals surface area contributed by atoms with E-state index in [1.807, 2.05) is 47.2 Å². The van der Waals surface area contributed by atoms with Crippen LogP contribution in [-0.2, 0) is 9.53 Å². The third kappa shape index (κ3) is 2.45. The van der Waals surface area contributed by atoms with Gasteiger partial charge in [-0.05, 0) is 65.6 Å². The molecule has 0 saturated carbocycles. The molecule has 0 amide bonds. The van der Waals surface area contributed by atoms with Crippen LogP contribution in [0.25, 0.3) is 11.8 Å². The van der Waals surface area contributed by atoms with Crippen LogP contribution in [0.1, 0.15) is 22.3 Å². The Kier molecular flexibility index (Phi) is 3.28. The van der Waals surface area contributed by atoms with Crippen LogP contribution in [0.2, 0.25) is 0 Å². The first-order chi connectivity index (χ1) is 9.63. The highest BCUT2D eigenvalue weighted by molar-refractivity contribution is 7.08. The van der Waals surface area contributed by atoms with Gasteiger partial charge >= 0.3 is 5.97 Å². The fraction of sp³-hybridized carbons (Fsp3) is 0.118. The van der Waals surface area contributed by atoms with Crippen molar-refractivity contribution in [2.75, 3.05) is 0 Å². The average molecular weight is 282 g/mol. The highest BCUT2D eigenvalue weighted by atomic mass is 32.1. The molecule has 2 aromatic rings. The fourth-order valence-electron chi connectivity index (χ4n) is 2.06. The summed E-state index contributed by atoms with van der Waals surface area (Å²) in [6.07, 6.45) is 3.66. The molecule has 0 atom stereocenters. The Morgan fingerprint density at radius 2 is 2.00 bits per heavy atom. The minimum atomic E-state index is -0.288. The van der Waals surface area contributed by atoms with Crippen LogP contribution in [0, 0.1) is 13.8 Å². The van der Waals surface area contributed by atoms with E-state index in [0.717, 1.165) is 11.1 Å². The summed E-state index contributed by atoms with van der Waals surface area (Å²) in [5.74, 6) is 0.337. The standard InChI is InChI=1S/C17H14O2S/c1-11-3-4-14(7-12(11)2)16-9-15(17(18)19-16)8-13-5-6-20-10-13/h3-10H,1-2H3/b15-8+. The maximum absolute atomic E-state index is 11.9. The van der Waals surface area contributed by atoms with Gasteiger partial charge in [-0.15, -0.1) is 0 Å². The molecule has 20 heavy (non-hydrogen) atoms. The number of benzene rings is 1. The lowest BCUT2D eigenvalue weighted by Gasteiger charge is -2.05. The summed E-state index contributed by atoms with van der Waals surface area (Å²) in [4.78, 5) is 11.9. The molecule has 100 valence electrons. The quantitative estimate of drug-likeness (QED) is 0.605. The van der Waals surface area contributed by atoms with Gasteiger partial charge in [0, 0.05) is 5.56 Å². The summed E-state index contributed by atoms with van der Waals surface area (Å²) in [5.41, 5.74) is 4.98. The largest absolute Gasteiger partial charge is 0.422 e. The second-order valence-electron chi connectivity index (χ2n) is 4.85. The van der Waals surface area contributed by atoms with E-state index < -0.39 is 0 Å². The second kappa shape index (κ2) is 5.10. The predicted molar refractivity (Wildman–Crippen MR) is 82.3 cm³/mol. The zero-order valence-electron chi connectivity index (χ0n) is 11.3. The molecule has 0 N–H and O–H groups in total. The van der Waals surface area contributed by atoms with Crippen molar-refractivity contribution in [3.63, 3.8) is 0 Å². The van der Waals surface area contributed by atoms with Crippen molar-refractivity contribution in [3.05, 3.63) is 68.9 Å². The van der Waals surface area contributed by atoms with E-state index in [2.05, 4.69) is 13.8 Å². The Bertz CT molecular complexity index is 721. The van der Waals surface area contributed by atoms with Gasteiger partial charge in [0.05, 0.1) is 5.57 Å². The normalized spacial score (nSPS) is 16.4. The van der Waals surface area contributed by atoms with Crippen molar-refractivity contribution in [2.45, 2.75) is 13.8 Å². The summed E-state index contributed by atoms with van der Waals surface area (Å²) in [6, 6.07) is 8.05. The zero-order valence-corrected chi connectivity index (χ0v) is 12.2. The molecular formula is C17H14O2S. The molecule has 0 bridgehead atoms. The number of hydrogen-bond acceptors (Lipinski definition) is 3. The first-order valence-electron chi connectivity index (χ1n) is 6.39. The molecule has 0 spiro atoms. The summed E-state index contributed by atoms with van der Waals surface area (Å²) in [7, 11) is 0. The molecule has 2 heterocycles. The first kappa shape index (κ1) is 12.9. The van der Waals surface area contributed by atoms with Crippen molar-refractivity contribution in [1.82, 2.24) is 0 Å². The van der Waals surface area contributed by atoms with Crippen LogP contribution in [0.4, 0.5) is 0 Å². The molecule has 1 aromatic heterocycles. The number of hydrogen-bond donors (Lipinski definition) is 0. The minimum absolute atomic E-state index is 0.288. The van der Waals surface area contributed by atoms with Crippen molar-refractivity contribution in [2.24, 2.45) is 0 Å². The van der Waals surface area contributed by atoms with Crippen LogP contribution in [0.15, 0.2) is 46.7 Å². The minimum Gasteiger partial charge on any atom is -0.422 e. The molecular weight excluding hydrogens is 268 g/mol. The zero-order chi connectivity index (χ0) is 14.1. The molecule has 3 rings (SSSR count). The highest BCUT2D eigenvalue weighted by Crippen LogP contribution is 2.28. The highest BCUT2D eigenvalue weighted by Gasteiger charge is 2.22. The number of ether oxygens (including phenoxy) is 1. The summed E-state index contributed by atoms with van der Waals surface area (Å²) < 4.78 is 5.36. The lowest BCUT2D eigenvalue weighted by molar-refractivity contribution is -0.130. The van der Waals surface area contributed by atoms with E-state index in [9.17, 15) is 4.79 Å². The molecule has 1 aliphatic heterocycles. The van der Waals surface area contributed by atoms with E-state index in [1.54, 1.807) is 11.3 Å². The lowest BCUT2D eigenvalue weighted by Crippen LogP contribution is -1.97. The average Bonchev–Trinajstić information content (AvgIpc) is 3.04. The summed E-state index contributed by atoms with van der Waals surface area (Å²) >= 11 is 1.61. The maximum atomic E-state index is 11.9. The smallest absolute Gasteiger partial charge is 0.343 e. The maximum Gasteiger partial charge on any atom is 0.343 e. The van der Waals surface area contributed by atoms with Gasteiger partial charge in [0.25, 0.3) is 0 Å². The molecule has 1 aromatic carbocycles. The van der Waals surface area contributed by atoms with E-state index in [-0.39, 0.29) is 5.97 Å². The van der Waals surface area contributed by atoms with Crippen LogP contribution in [-0.4, -0.2) is 5.97 Å². The van der Waals surface area contributed by atoms with Gasteiger partial charge in [-0.3, -0.25) is 0 Å². The number of esters is 1. The van der Waals surface area contributed by atoms with E-state index >= 15 is 0 Å². The Balaban J connectivity index is 1.96. The summed E-state index contributed by atoms with van der Waals surface area (Å²) in [6.45, 7) is 4.12. The first-order valence-corrected chi connectivity index (χ1v) is 7.33. The van der Waals surface area contributed by atoms with Crippen molar-refractivity contribution in [1.29, 1.82) is 0 Å². The number of rotatable bonds is 2. The van der Waals surface area contributed by atoms with Crippen LogP contribution in [0.3, 0.4) is 0 Å². The molecule has 0 fully saturated rings. The number of aryl methyl sites for hydroxylation is 2. The number of thiophene rings is 1. The Hall–Kier alpha value is -2.13. The molecule has 0 radical (unpaired) electrons. The third-order valence-electron chi connectivity index (χ3n) is 3.38. The molecule has 0 unspecified atom stereocenters. The van der Waals surface area contributed by atoms with Gasteiger partial charge in [0.1, 0.15) is 5.76 Å². The van der Waals surface area contributed by atoms with Crippen LogP contribution >= 0.6 is 11.3 Å². The van der Waals surface area contributed by atoms with Gasteiger partial charge in [-0.2, -0.15) is 11.3 Å². The van der Waals surface area contributed by atoms with Gasteiger partial charge < -0.3 is 4.74 Å². The van der Waals surface area contributed by atoms with E-state index in [0.29, 0.717) is 11.3 Å². The molecule has 1 aliphatic rings. The Morgan fingerprint density at radius 1 is 1.15 bits per heavy atom. The van der Waals surface area contributed by atoms with Gasteiger partial charge in [0.2, 0.25) is 0 Å². The van der Waals surface area contributed by atoms with E-state index in [4.69, 9.17) is 4.74 Å². The SMILES string of the molecule is Cc1ccc(C2=C/C(=C\c3ccsc3)C(=O)O2)cc1C. The lowest BCUT2D eigenvalue weighted by atomic mass is 10.0. The van der Waals surface area contributed by atoms with Gasteiger partial charge in [-0.1, -0.05) is 12.1 Å². The van der Waals surface area contributed by atoms with Gasteiger partial charge in [0.15, 0.2) is 0 Å². The number of cyclic esters (lactones) is 1. The van der Waals surface area contributed by atoms with Crippen LogP contribution < -0.4 is 0 Å². The topological polar surface area (TPSA) is 26.3 Å². The van der Waals surface area contributed by atoms with Gasteiger partial charge in [-0.25, -0.2) is 4.79 Å². The van der Waals surface area contributed by atoms with Crippen molar-refractivity contribution in [3.8, 4) is 0 Å². The second-order valence-corrected chi connectivity index (χ2v) is 5.63. The Morgan fingerprint density at radius 3 is 2.70 bits per heavy atom. The molecule has 3 heteroatoms. The predicted octanol–water partition coefficient (Wildman–Crippen LogP) is 4.35. The van der Waals surface area contributed by atoms with Crippen molar-refractivity contribution >= 4 is 29.1 Å². The number of carbonyl (C=O) groups is 1. The monoisotopic (exact) mass is 282 g/mol. The fourth-order valence-corrected chi connectivity index (χ4v) is 2.68. The van der Waals surface area contributed by atoms with Crippen LogP contribution in [0.5, 0.6) is 0 Å².